The molecule has 2 N–H and O–H groups in total. The zero-order valence-electron chi connectivity index (χ0n) is 17.2. The Morgan fingerprint density at radius 2 is 1.73 bits per heavy atom. The van der Waals surface area contributed by atoms with Crippen LogP contribution in [0.1, 0.15) is 29.9 Å². The van der Waals surface area contributed by atoms with Crippen LogP contribution >= 0.6 is 0 Å². The molecule has 0 bridgehead atoms. The van der Waals surface area contributed by atoms with E-state index in [1.807, 2.05) is 6.92 Å². The van der Waals surface area contributed by atoms with Crippen LogP contribution in [-0.4, -0.2) is 43.4 Å². The SMILES string of the molecule is Cc1ccc(S(=O)(=O)N[C@@H](C(=O)OCC(=O)NC(=O)c2cccn2C)C(C)C)cc1. The van der Waals surface area contributed by atoms with E-state index in [4.69, 9.17) is 4.74 Å². The smallest absolute Gasteiger partial charge is 0.324 e. The van der Waals surface area contributed by atoms with Crippen molar-refractivity contribution in [2.75, 3.05) is 6.61 Å². The number of hydrogen-bond acceptors (Lipinski definition) is 6. The third-order valence-electron chi connectivity index (χ3n) is 4.31. The molecule has 0 unspecified atom stereocenters. The largest absolute Gasteiger partial charge is 0.454 e. The standard InChI is InChI=1S/C20H25N3O6S/c1-13(2)18(22-30(27,28)15-9-7-14(3)8-10-15)20(26)29-12-17(24)21-19(25)16-6-5-11-23(16)4/h5-11,13,18,22H,12H2,1-4H3,(H,21,24,25)/t18-/m1/s1. The van der Waals surface area contributed by atoms with Gasteiger partial charge in [-0.05, 0) is 37.1 Å². The number of nitrogens with zero attached hydrogens (tertiary/aromatic N) is 1. The topological polar surface area (TPSA) is 124 Å². The second-order valence-corrected chi connectivity index (χ2v) is 8.86. The molecule has 9 nitrogen and oxygen atoms in total. The molecule has 10 heteroatoms. The maximum Gasteiger partial charge on any atom is 0.324 e. The summed E-state index contributed by atoms with van der Waals surface area (Å²) in [6.07, 6.45) is 1.65. The lowest BCUT2D eigenvalue weighted by molar-refractivity contribution is -0.150. The number of aryl methyl sites for hydroxylation is 2. The van der Waals surface area contributed by atoms with Gasteiger partial charge >= 0.3 is 5.97 Å². The molecule has 162 valence electrons. The molecule has 0 radical (unpaired) electrons. The van der Waals surface area contributed by atoms with E-state index >= 15 is 0 Å². The van der Waals surface area contributed by atoms with Crippen LogP contribution in [0, 0.1) is 12.8 Å². The number of carbonyl (C=O) groups excluding carboxylic acids is 3. The predicted molar refractivity (Wildman–Crippen MR) is 109 cm³/mol. The van der Waals surface area contributed by atoms with Crippen LogP contribution in [0.3, 0.4) is 0 Å². The Bertz CT molecular complexity index is 1030. The average molecular weight is 436 g/mol. The minimum atomic E-state index is -3.97. The number of rotatable bonds is 8. The summed E-state index contributed by atoms with van der Waals surface area (Å²) in [5.74, 6) is -2.81. The fourth-order valence-corrected chi connectivity index (χ4v) is 3.89. The molecule has 1 atom stereocenters. The molecule has 2 amide bonds. The zero-order valence-corrected chi connectivity index (χ0v) is 18.0. The summed E-state index contributed by atoms with van der Waals surface area (Å²) in [6.45, 7) is 4.39. The second kappa shape index (κ2) is 9.68. The van der Waals surface area contributed by atoms with Crippen molar-refractivity contribution in [3.63, 3.8) is 0 Å². The number of ether oxygens (including phenoxy) is 1. The maximum absolute atomic E-state index is 12.6. The molecule has 0 saturated carbocycles. The Kier molecular flexibility index (Phi) is 7.52. The predicted octanol–water partition coefficient (Wildman–Crippen LogP) is 1.14. The zero-order chi connectivity index (χ0) is 22.5. The molecule has 0 aliphatic heterocycles. The van der Waals surface area contributed by atoms with Crippen LogP contribution in [0.2, 0.25) is 0 Å². The van der Waals surface area contributed by atoms with E-state index in [0.29, 0.717) is 0 Å². The minimum absolute atomic E-state index is 0.0115. The molecule has 0 aliphatic carbocycles. The van der Waals surface area contributed by atoms with Crippen molar-refractivity contribution in [2.24, 2.45) is 13.0 Å². The molecule has 1 aromatic heterocycles. The summed E-state index contributed by atoms with van der Waals surface area (Å²) >= 11 is 0. The lowest BCUT2D eigenvalue weighted by Crippen LogP contribution is -2.46. The van der Waals surface area contributed by atoms with Crippen LogP contribution in [-0.2, 0) is 31.4 Å². The van der Waals surface area contributed by atoms with Crippen molar-refractivity contribution in [3.05, 3.63) is 53.9 Å². The van der Waals surface area contributed by atoms with Gasteiger partial charge in [0.15, 0.2) is 6.61 Å². The number of benzene rings is 1. The van der Waals surface area contributed by atoms with Crippen molar-refractivity contribution >= 4 is 27.8 Å². The fourth-order valence-electron chi connectivity index (χ4n) is 2.56. The third-order valence-corrected chi connectivity index (χ3v) is 5.77. The van der Waals surface area contributed by atoms with Gasteiger partial charge in [-0.15, -0.1) is 0 Å². The van der Waals surface area contributed by atoms with Gasteiger partial charge in [-0.2, -0.15) is 4.72 Å². The summed E-state index contributed by atoms with van der Waals surface area (Å²) in [4.78, 5) is 36.4. The van der Waals surface area contributed by atoms with E-state index in [1.165, 1.54) is 22.8 Å². The Morgan fingerprint density at radius 1 is 1.10 bits per heavy atom. The molecule has 0 fully saturated rings. The van der Waals surface area contributed by atoms with E-state index in [1.54, 1.807) is 45.3 Å². The first-order valence-corrected chi connectivity index (χ1v) is 10.7. The Balaban J connectivity index is 1.98. The highest BCUT2D eigenvalue weighted by molar-refractivity contribution is 7.89. The van der Waals surface area contributed by atoms with Crippen LogP contribution in [0.15, 0.2) is 47.5 Å². The van der Waals surface area contributed by atoms with Crippen molar-refractivity contribution in [3.8, 4) is 0 Å². The quantitative estimate of drug-likeness (QED) is 0.599. The second-order valence-electron chi connectivity index (χ2n) is 7.15. The molecule has 0 aliphatic rings. The number of sulfonamides is 1. The van der Waals surface area contributed by atoms with Gasteiger partial charge in [0.2, 0.25) is 10.0 Å². The van der Waals surface area contributed by atoms with Crippen molar-refractivity contribution in [1.29, 1.82) is 0 Å². The number of amides is 2. The van der Waals surface area contributed by atoms with Gasteiger partial charge in [0.25, 0.3) is 11.8 Å². The van der Waals surface area contributed by atoms with Crippen LogP contribution < -0.4 is 10.0 Å². The number of imide groups is 1. The number of aromatic nitrogens is 1. The van der Waals surface area contributed by atoms with Crippen molar-refractivity contribution in [1.82, 2.24) is 14.6 Å². The number of hydrogen-bond donors (Lipinski definition) is 2. The molecule has 0 saturated heterocycles. The molecule has 1 heterocycles. The first kappa shape index (κ1) is 23.3. The van der Waals surface area contributed by atoms with E-state index in [-0.39, 0.29) is 10.6 Å². The molecule has 2 rings (SSSR count). The van der Waals surface area contributed by atoms with Crippen LogP contribution in [0.5, 0.6) is 0 Å². The van der Waals surface area contributed by atoms with Gasteiger partial charge in [-0.1, -0.05) is 31.5 Å². The lowest BCUT2D eigenvalue weighted by atomic mass is 10.1. The molecule has 1 aromatic carbocycles. The van der Waals surface area contributed by atoms with E-state index in [0.717, 1.165) is 5.56 Å². The average Bonchev–Trinajstić information content (AvgIpc) is 3.10. The Labute approximate surface area is 175 Å². The van der Waals surface area contributed by atoms with Crippen molar-refractivity contribution < 1.29 is 27.5 Å². The fraction of sp³-hybridized carbons (Fsp3) is 0.350. The molecule has 2 aromatic rings. The Morgan fingerprint density at radius 3 is 2.27 bits per heavy atom. The number of esters is 1. The first-order chi connectivity index (χ1) is 14.0. The molecular formula is C20H25N3O6S. The van der Waals surface area contributed by atoms with Gasteiger partial charge < -0.3 is 9.30 Å². The van der Waals surface area contributed by atoms with E-state index in [9.17, 15) is 22.8 Å². The number of nitrogens with one attached hydrogen (secondary N) is 2. The van der Waals surface area contributed by atoms with Gasteiger partial charge in [0, 0.05) is 13.2 Å². The molecule has 30 heavy (non-hydrogen) atoms. The maximum atomic E-state index is 12.6. The summed E-state index contributed by atoms with van der Waals surface area (Å²) < 4.78 is 33.9. The van der Waals surface area contributed by atoms with Crippen LogP contribution in [0.25, 0.3) is 0 Å². The minimum Gasteiger partial charge on any atom is -0.454 e. The summed E-state index contributed by atoms with van der Waals surface area (Å²) in [5, 5.41) is 2.11. The molecule has 0 spiro atoms. The summed E-state index contributed by atoms with van der Waals surface area (Å²) in [5.41, 5.74) is 1.16. The highest BCUT2D eigenvalue weighted by atomic mass is 32.2. The third kappa shape index (κ3) is 6.01. The highest BCUT2D eigenvalue weighted by Gasteiger charge is 2.30. The van der Waals surface area contributed by atoms with Gasteiger partial charge in [-0.25, -0.2) is 8.42 Å². The van der Waals surface area contributed by atoms with E-state index in [2.05, 4.69) is 10.0 Å². The summed E-state index contributed by atoms with van der Waals surface area (Å²) in [6, 6.07) is 8.13. The first-order valence-electron chi connectivity index (χ1n) is 9.22. The Hall–Kier alpha value is -2.98. The lowest BCUT2D eigenvalue weighted by Gasteiger charge is -2.20. The normalized spacial score (nSPS) is 12.4. The van der Waals surface area contributed by atoms with Crippen LogP contribution in [0.4, 0.5) is 0 Å². The van der Waals surface area contributed by atoms with Crippen molar-refractivity contribution in [2.45, 2.75) is 31.7 Å². The number of carbonyl (C=O) groups is 3. The van der Waals surface area contributed by atoms with Gasteiger partial charge in [0.1, 0.15) is 11.7 Å². The highest BCUT2D eigenvalue weighted by Crippen LogP contribution is 2.13. The van der Waals surface area contributed by atoms with Gasteiger partial charge in [-0.3, -0.25) is 19.7 Å². The monoisotopic (exact) mass is 435 g/mol. The van der Waals surface area contributed by atoms with E-state index < -0.39 is 46.4 Å². The van der Waals surface area contributed by atoms with Gasteiger partial charge in [0.05, 0.1) is 4.90 Å². The molecular weight excluding hydrogens is 410 g/mol. The summed E-state index contributed by atoms with van der Waals surface area (Å²) in [7, 11) is -2.32.